The first kappa shape index (κ1) is 25.4. The van der Waals surface area contributed by atoms with Crippen LogP contribution in [0.25, 0.3) is 11.0 Å². The van der Waals surface area contributed by atoms with Gasteiger partial charge in [0.05, 0.1) is 35.9 Å². The third-order valence-corrected chi connectivity index (χ3v) is 6.40. The molecule has 0 aliphatic carbocycles. The number of aromatic nitrogens is 3. The maximum Gasteiger partial charge on any atom is 0.259 e. The summed E-state index contributed by atoms with van der Waals surface area (Å²) in [5.74, 6) is 0.670. The number of nitrogens with zero attached hydrogens (tertiary/aromatic N) is 5. The first-order valence-corrected chi connectivity index (χ1v) is 12.3. The molecule has 1 fully saturated rings. The minimum atomic E-state index is -0.316. The van der Waals surface area contributed by atoms with Crippen molar-refractivity contribution in [2.24, 2.45) is 0 Å². The normalized spacial score (nSPS) is 16.5. The van der Waals surface area contributed by atoms with Crippen molar-refractivity contribution < 1.29 is 14.3 Å². The smallest absolute Gasteiger partial charge is 0.259 e. The number of pyridine rings is 1. The first-order chi connectivity index (χ1) is 17.4. The number of hydrogen-bond acceptors (Lipinski definition) is 6. The molecule has 3 aromatic rings. The number of methoxy groups -OCH3 is 1. The standard InChI is InChI=1S/C27H34N6O3/c1-19-9-7-11-23-25(19)33(27(29-23)30-26(35)20-15-22(36-4)17-28-16-20)21-10-5-6-14-32(18-21)24(34)12-8-13-31(2)3/h7-9,11-12,15-17,21H,5-6,10,13-14,18H2,1-4H3,(H,29,30,35). The summed E-state index contributed by atoms with van der Waals surface area (Å²) in [6.07, 6.45) is 9.42. The number of aryl methyl sites for hydroxylation is 1. The summed E-state index contributed by atoms with van der Waals surface area (Å²) in [6, 6.07) is 7.58. The molecule has 1 aliphatic heterocycles. The molecule has 9 nitrogen and oxygen atoms in total. The van der Waals surface area contributed by atoms with Gasteiger partial charge in [-0.3, -0.25) is 19.9 Å². The van der Waals surface area contributed by atoms with Crippen LogP contribution < -0.4 is 10.1 Å². The zero-order valence-corrected chi connectivity index (χ0v) is 21.4. The molecule has 1 aromatic carbocycles. The highest BCUT2D eigenvalue weighted by atomic mass is 16.5. The average Bonchev–Trinajstić information content (AvgIpc) is 3.05. The SMILES string of the molecule is COc1cncc(C(=O)Nc2nc3cccc(C)c3n2C2CCCCN(C(=O)C=CCN(C)C)C2)c1. The van der Waals surface area contributed by atoms with Crippen LogP contribution in [-0.2, 0) is 4.79 Å². The molecule has 1 atom stereocenters. The molecule has 1 saturated heterocycles. The van der Waals surface area contributed by atoms with Gasteiger partial charge in [0.2, 0.25) is 11.9 Å². The molecule has 2 amide bonds. The van der Waals surface area contributed by atoms with Crippen molar-refractivity contribution in [3.8, 4) is 5.75 Å². The van der Waals surface area contributed by atoms with E-state index in [4.69, 9.17) is 9.72 Å². The molecule has 0 bridgehead atoms. The number of likely N-dealkylation sites (N-methyl/N-ethyl adjacent to an activating group) is 1. The van der Waals surface area contributed by atoms with E-state index < -0.39 is 0 Å². The summed E-state index contributed by atoms with van der Waals surface area (Å²) < 4.78 is 7.32. The van der Waals surface area contributed by atoms with Crippen molar-refractivity contribution in [3.63, 3.8) is 0 Å². The number of ether oxygens (including phenoxy) is 1. The Morgan fingerprint density at radius 1 is 1.25 bits per heavy atom. The van der Waals surface area contributed by atoms with Gasteiger partial charge in [0.25, 0.3) is 5.91 Å². The second-order valence-corrected chi connectivity index (χ2v) is 9.41. The van der Waals surface area contributed by atoms with E-state index in [1.165, 1.54) is 13.3 Å². The van der Waals surface area contributed by atoms with Crippen LogP contribution >= 0.6 is 0 Å². The van der Waals surface area contributed by atoms with Gasteiger partial charge in [-0.05, 0) is 58.0 Å². The van der Waals surface area contributed by atoms with Gasteiger partial charge >= 0.3 is 0 Å². The van der Waals surface area contributed by atoms with Gasteiger partial charge < -0.3 is 19.1 Å². The number of fused-ring (bicyclic) bond motifs is 1. The highest BCUT2D eigenvalue weighted by Gasteiger charge is 2.27. The number of amides is 2. The van der Waals surface area contributed by atoms with E-state index >= 15 is 0 Å². The lowest BCUT2D eigenvalue weighted by molar-refractivity contribution is -0.126. The topological polar surface area (TPSA) is 92.6 Å². The minimum absolute atomic E-state index is 0.0120. The number of nitrogens with one attached hydrogen (secondary N) is 1. The maximum absolute atomic E-state index is 13.2. The van der Waals surface area contributed by atoms with Gasteiger partial charge in [-0.2, -0.15) is 0 Å². The molecule has 0 saturated carbocycles. The molecule has 1 N–H and O–H groups in total. The second kappa shape index (κ2) is 11.3. The van der Waals surface area contributed by atoms with E-state index in [-0.39, 0.29) is 17.9 Å². The van der Waals surface area contributed by atoms with Crippen molar-refractivity contribution >= 4 is 28.8 Å². The second-order valence-electron chi connectivity index (χ2n) is 9.41. The molecule has 0 spiro atoms. The maximum atomic E-state index is 13.2. The monoisotopic (exact) mass is 490 g/mol. The number of imidazole rings is 1. The molecular weight excluding hydrogens is 456 g/mol. The lowest BCUT2D eigenvalue weighted by Gasteiger charge is -2.26. The van der Waals surface area contributed by atoms with Crippen LogP contribution in [0, 0.1) is 6.92 Å². The van der Waals surface area contributed by atoms with Crippen LogP contribution in [0.5, 0.6) is 5.75 Å². The van der Waals surface area contributed by atoms with Crippen LogP contribution in [0.2, 0.25) is 0 Å². The van der Waals surface area contributed by atoms with Gasteiger partial charge in [-0.1, -0.05) is 18.2 Å². The predicted octanol–water partition coefficient (Wildman–Crippen LogP) is 3.67. The molecule has 9 heteroatoms. The van der Waals surface area contributed by atoms with Gasteiger partial charge in [0.1, 0.15) is 5.75 Å². The number of carbonyl (C=O) groups excluding carboxylic acids is 2. The molecule has 1 aliphatic rings. The Hall–Kier alpha value is -3.72. The minimum Gasteiger partial charge on any atom is -0.495 e. The fraction of sp³-hybridized carbons (Fsp3) is 0.407. The van der Waals surface area contributed by atoms with E-state index in [2.05, 4.69) is 14.9 Å². The fourth-order valence-corrected chi connectivity index (χ4v) is 4.59. The molecule has 2 aromatic heterocycles. The zero-order chi connectivity index (χ0) is 25.7. The van der Waals surface area contributed by atoms with Crippen molar-refractivity contribution in [1.82, 2.24) is 24.3 Å². The number of benzene rings is 1. The van der Waals surface area contributed by atoms with Crippen molar-refractivity contribution in [1.29, 1.82) is 0 Å². The van der Waals surface area contributed by atoms with E-state index in [0.717, 1.165) is 35.9 Å². The summed E-state index contributed by atoms with van der Waals surface area (Å²) in [4.78, 5) is 39.0. The Morgan fingerprint density at radius 3 is 2.86 bits per heavy atom. The van der Waals surface area contributed by atoms with Gasteiger partial charge in [-0.25, -0.2) is 4.98 Å². The lowest BCUT2D eigenvalue weighted by atomic mass is 10.1. The third kappa shape index (κ3) is 5.73. The van der Waals surface area contributed by atoms with Crippen molar-refractivity contribution in [3.05, 3.63) is 59.9 Å². The van der Waals surface area contributed by atoms with Gasteiger partial charge in [-0.15, -0.1) is 0 Å². The Labute approximate surface area is 211 Å². The number of hydrogen-bond donors (Lipinski definition) is 1. The van der Waals surface area contributed by atoms with Gasteiger partial charge in [0.15, 0.2) is 0 Å². The summed E-state index contributed by atoms with van der Waals surface area (Å²) in [5, 5.41) is 3.00. The highest BCUT2D eigenvalue weighted by Crippen LogP contribution is 2.32. The molecule has 1 unspecified atom stereocenters. The average molecular weight is 491 g/mol. The van der Waals surface area contributed by atoms with E-state index in [0.29, 0.717) is 36.9 Å². The zero-order valence-electron chi connectivity index (χ0n) is 21.4. The van der Waals surface area contributed by atoms with Crippen LogP contribution in [0.1, 0.15) is 41.2 Å². The molecule has 190 valence electrons. The highest BCUT2D eigenvalue weighted by molar-refractivity contribution is 6.04. The van der Waals surface area contributed by atoms with Crippen LogP contribution in [0.4, 0.5) is 5.95 Å². The van der Waals surface area contributed by atoms with Crippen molar-refractivity contribution in [2.75, 3.05) is 46.2 Å². The predicted molar refractivity (Wildman–Crippen MR) is 140 cm³/mol. The summed E-state index contributed by atoms with van der Waals surface area (Å²) in [7, 11) is 5.48. The lowest BCUT2D eigenvalue weighted by Crippen LogP contribution is -2.35. The Bertz CT molecular complexity index is 1270. The van der Waals surface area contributed by atoms with Gasteiger partial charge in [0, 0.05) is 31.9 Å². The summed E-state index contributed by atoms with van der Waals surface area (Å²) >= 11 is 0. The molecule has 0 radical (unpaired) electrons. The number of carbonyl (C=O) groups is 2. The number of anilines is 1. The van der Waals surface area contributed by atoms with E-state index in [9.17, 15) is 9.59 Å². The summed E-state index contributed by atoms with van der Waals surface area (Å²) in [5.41, 5.74) is 3.23. The number of likely N-dealkylation sites (tertiary alicyclic amines) is 1. The molecular formula is C27H34N6O3. The van der Waals surface area contributed by atoms with E-state index in [1.54, 1.807) is 18.3 Å². The van der Waals surface area contributed by atoms with Crippen LogP contribution in [0.3, 0.4) is 0 Å². The quantitative estimate of drug-likeness (QED) is 0.508. The number of rotatable bonds is 7. The van der Waals surface area contributed by atoms with E-state index in [1.807, 2.05) is 55.1 Å². The first-order valence-electron chi connectivity index (χ1n) is 12.3. The van der Waals surface area contributed by atoms with Crippen LogP contribution in [-0.4, -0.2) is 77.0 Å². The Kier molecular flexibility index (Phi) is 8.00. The summed E-state index contributed by atoms with van der Waals surface area (Å²) in [6.45, 7) is 4.02. The molecule has 4 rings (SSSR count). The third-order valence-electron chi connectivity index (χ3n) is 6.40. The Morgan fingerprint density at radius 2 is 2.08 bits per heavy atom. The van der Waals surface area contributed by atoms with Crippen molar-refractivity contribution in [2.45, 2.75) is 32.2 Å². The molecule has 3 heterocycles. The largest absolute Gasteiger partial charge is 0.495 e. The molecule has 36 heavy (non-hydrogen) atoms. The van der Waals surface area contributed by atoms with Crippen LogP contribution in [0.15, 0.2) is 48.8 Å². The Balaban J connectivity index is 1.67. The fourth-order valence-electron chi connectivity index (χ4n) is 4.59. The number of para-hydroxylation sites is 1.